The van der Waals surface area contributed by atoms with Crippen LogP contribution in [0.4, 0.5) is 0 Å². The molecule has 0 heterocycles. The maximum atomic E-state index is 11.9. The van der Waals surface area contributed by atoms with Crippen molar-refractivity contribution in [2.24, 2.45) is 0 Å². The third-order valence-corrected chi connectivity index (χ3v) is 4.25. The SMILES string of the molecule is CN(C)NS(=O)(=O)c1cc(C(=O)O)ccc1Br. The number of halogens is 1. The van der Waals surface area contributed by atoms with Crippen LogP contribution in [-0.4, -0.2) is 38.6 Å². The average Bonchev–Trinajstić information content (AvgIpc) is 2.15. The molecule has 0 saturated carbocycles. The Hall–Kier alpha value is -0.960. The summed E-state index contributed by atoms with van der Waals surface area (Å²) < 4.78 is 24.0. The zero-order valence-corrected chi connectivity index (χ0v) is 11.5. The lowest BCUT2D eigenvalue weighted by atomic mass is 10.2. The Morgan fingerprint density at radius 2 is 2.00 bits per heavy atom. The lowest BCUT2D eigenvalue weighted by molar-refractivity contribution is 0.0696. The van der Waals surface area contributed by atoms with E-state index in [2.05, 4.69) is 20.8 Å². The molecule has 1 aromatic carbocycles. The summed E-state index contributed by atoms with van der Waals surface area (Å²) in [6.45, 7) is 0. The standard InChI is InChI=1S/C9H11BrN2O4S/c1-12(2)11-17(15,16)8-5-6(9(13)14)3-4-7(8)10/h3-5,11H,1-2H3,(H,13,14). The van der Waals surface area contributed by atoms with Crippen molar-refractivity contribution in [1.29, 1.82) is 0 Å². The molecule has 0 bridgehead atoms. The number of carbonyl (C=O) groups is 1. The molecule has 0 radical (unpaired) electrons. The molecule has 0 spiro atoms. The highest BCUT2D eigenvalue weighted by Gasteiger charge is 2.20. The fourth-order valence-electron chi connectivity index (χ4n) is 1.13. The normalized spacial score (nSPS) is 11.8. The monoisotopic (exact) mass is 322 g/mol. The minimum Gasteiger partial charge on any atom is -0.478 e. The van der Waals surface area contributed by atoms with Crippen LogP contribution in [0.5, 0.6) is 0 Å². The lowest BCUT2D eigenvalue weighted by Gasteiger charge is -2.13. The van der Waals surface area contributed by atoms with Crippen molar-refractivity contribution in [3.05, 3.63) is 28.2 Å². The van der Waals surface area contributed by atoms with Gasteiger partial charge in [0.15, 0.2) is 0 Å². The molecule has 6 nitrogen and oxygen atoms in total. The molecule has 2 N–H and O–H groups in total. The molecule has 0 unspecified atom stereocenters. The van der Waals surface area contributed by atoms with E-state index in [1.165, 1.54) is 31.2 Å². The quantitative estimate of drug-likeness (QED) is 0.804. The van der Waals surface area contributed by atoms with Gasteiger partial charge in [-0.25, -0.2) is 18.2 Å². The molecule has 1 aromatic rings. The van der Waals surface area contributed by atoms with Gasteiger partial charge in [0.1, 0.15) is 0 Å². The Bertz CT molecular complexity index is 542. The van der Waals surface area contributed by atoms with Crippen molar-refractivity contribution in [3.63, 3.8) is 0 Å². The topological polar surface area (TPSA) is 86.7 Å². The number of nitrogens with zero attached hydrogens (tertiary/aromatic N) is 1. The van der Waals surface area contributed by atoms with Crippen LogP contribution in [0.25, 0.3) is 0 Å². The van der Waals surface area contributed by atoms with Crippen LogP contribution in [0.1, 0.15) is 10.4 Å². The van der Waals surface area contributed by atoms with E-state index in [9.17, 15) is 13.2 Å². The fraction of sp³-hybridized carbons (Fsp3) is 0.222. The average molecular weight is 323 g/mol. The number of hydrazine groups is 1. The maximum absolute atomic E-state index is 11.9. The second kappa shape index (κ2) is 5.13. The van der Waals surface area contributed by atoms with Crippen LogP contribution in [0.2, 0.25) is 0 Å². The number of aromatic carboxylic acids is 1. The summed E-state index contributed by atoms with van der Waals surface area (Å²) in [5.74, 6) is -1.18. The number of carboxylic acids is 1. The van der Waals surface area contributed by atoms with Crippen molar-refractivity contribution in [1.82, 2.24) is 9.84 Å². The summed E-state index contributed by atoms with van der Waals surface area (Å²) in [6, 6.07) is 3.80. The van der Waals surface area contributed by atoms with Gasteiger partial charge in [0.2, 0.25) is 0 Å². The fourth-order valence-corrected chi connectivity index (χ4v) is 3.20. The first-order valence-electron chi connectivity index (χ1n) is 4.46. The van der Waals surface area contributed by atoms with Gasteiger partial charge < -0.3 is 5.11 Å². The zero-order chi connectivity index (χ0) is 13.2. The molecule has 0 aliphatic heterocycles. The Morgan fingerprint density at radius 3 is 2.47 bits per heavy atom. The minimum atomic E-state index is -3.78. The van der Waals surface area contributed by atoms with Gasteiger partial charge >= 0.3 is 5.97 Å². The largest absolute Gasteiger partial charge is 0.478 e. The summed E-state index contributed by atoms with van der Waals surface area (Å²) in [5.41, 5.74) is -0.0904. The van der Waals surface area contributed by atoms with E-state index in [1.807, 2.05) is 0 Å². The van der Waals surface area contributed by atoms with E-state index in [-0.39, 0.29) is 10.5 Å². The number of carboxylic acid groups (broad SMARTS) is 1. The Labute approximate surface area is 107 Å². The molecule has 0 aliphatic carbocycles. The Balaban J connectivity index is 3.30. The van der Waals surface area contributed by atoms with E-state index in [0.29, 0.717) is 4.47 Å². The van der Waals surface area contributed by atoms with E-state index in [0.717, 1.165) is 6.07 Å². The van der Waals surface area contributed by atoms with Crippen molar-refractivity contribution in [2.45, 2.75) is 4.90 Å². The molecule has 17 heavy (non-hydrogen) atoms. The van der Waals surface area contributed by atoms with Gasteiger partial charge in [0.25, 0.3) is 10.0 Å². The first-order valence-corrected chi connectivity index (χ1v) is 6.74. The third kappa shape index (κ3) is 3.50. The number of hydrogen-bond acceptors (Lipinski definition) is 4. The van der Waals surface area contributed by atoms with Gasteiger partial charge in [-0.3, -0.25) is 0 Å². The zero-order valence-electron chi connectivity index (χ0n) is 9.14. The second-order valence-electron chi connectivity index (χ2n) is 3.44. The van der Waals surface area contributed by atoms with E-state index < -0.39 is 16.0 Å². The summed E-state index contributed by atoms with van der Waals surface area (Å²) in [4.78, 5) is 12.9. The van der Waals surface area contributed by atoms with Crippen LogP contribution in [-0.2, 0) is 10.0 Å². The van der Waals surface area contributed by atoms with Crippen LogP contribution in [0, 0.1) is 0 Å². The van der Waals surface area contributed by atoms with E-state index >= 15 is 0 Å². The Kier molecular flexibility index (Phi) is 4.26. The van der Waals surface area contributed by atoms with Gasteiger partial charge in [-0.2, -0.15) is 0 Å². The lowest BCUT2D eigenvalue weighted by Crippen LogP contribution is -2.36. The highest BCUT2D eigenvalue weighted by atomic mass is 79.9. The smallest absolute Gasteiger partial charge is 0.335 e. The van der Waals surface area contributed by atoms with Gasteiger partial charge in [-0.1, -0.05) is 0 Å². The van der Waals surface area contributed by atoms with Crippen molar-refractivity contribution in [3.8, 4) is 0 Å². The van der Waals surface area contributed by atoms with Crippen LogP contribution in [0.3, 0.4) is 0 Å². The summed E-state index contributed by atoms with van der Waals surface area (Å²) in [6.07, 6.45) is 0. The molecule has 0 saturated heterocycles. The van der Waals surface area contributed by atoms with E-state index in [1.54, 1.807) is 0 Å². The highest BCUT2D eigenvalue weighted by Crippen LogP contribution is 2.23. The molecule has 0 amide bonds. The van der Waals surface area contributed by atoms with Gasteiger partial charge in [0, 0.05) is 18.6 Å². The number of nitrogens with one attached hydrogen (secondary N) is 1. The Morgan fingerprint density at radius 1 is 1.41 bits per heavy atom. The van der Waals surface area contributed by atoms with Gasteiger partial charge in [0.05, 0.1) is 10.5 Å². The molecule has 1 rings (SSSR count). The van der Waals surface area contributed by atoms with Crippen molar-refractivity contribution < 1.29 is 18.3 Å². The van der Waals surface area contributed by atoms with Crippen LogP contribution >= 0.6 is 15.9 Å². The number of benzene rings is 1. The predicted molar refractivity (Wildman–Crippen MR) is 65.1 cm³/mol. The maximum Gasteiger partial charge on any atom is 0.335 e. The van der Waals surface area contributed by atoms with Gasteiger partial charge in [-0.15, -0.1) is 4.83 Å². The molecular formula is C9H11BrN2O4S. The summed E-state index contributed by atoms with van der Waals surface area (Å²) in [7, 11) is -0.740. The number of hydrogen-bond donors (Lipinski definition) is 2. The molecule has 0 fully saturated rings. The number of rotatable bonds is 4. The first kappa shape index (κ1) is 14.1. The van der Waals surface area contributed by atoms with Crippen molar-refractivity contribution >= 4 is 31.9 Å². The molecular weight excluding hydrogens is 312 g/mol. The van der Waals surface area contributed by atoms with Crippen molar-refractivity contribution in [2.75, 3.05) is 14.1 Å². The summed E-state index contributed by atoms with van der Waals surface area (Å²) in [5, 5.41) is 10.1. The van der Waals surface area contributed by atoms with Crippen LogP contribution < -0.4 is 4.83 Å². The molecule has 0 atom stereocenters. The highest BCUT2D eigenvalue weighted by molar-refractivity contribution is 9.10. The summed E-state index contributed by atoms with van der Waals surface area (Å²) >= 11 is 3.07. The third-order valence-electron chi connectivity index (χ3n) is 1.77. The predicted octanol–water partition coefficient (Wildman–Crippen LogP) is 0.902. The molecule has 94 valence electrons. The molecule has 8 heteroatoms. The minimum absolute atomic E-state index is 0.0904. The van der Waals surface area contributed by atoms with Crippen LogP contribution in [0.15, 0.2) is 27.6 Å². The van der Waals surface area contributed by atoms with Gasteiger partial charge in [-0.05, 0) is 34.1 Å². The molecule has 0 aromatic heterocycles. The number of sulfonamides is 1. The second-order valence-corrected chi connectivity index (χ2v) is 5.92. The van der Waals surface area contributed by atoms with E-state index in [4.69, 9.17) is 5.11 Å². The molecule has 0 aliphatic rings. The first-order chi connectivity index (χ1) is 7.74.